The van der Waals surface area contributed by atoms with Crippen LogP contribution in [0.1, 0.15) is 40.4 Å². The van der Waals surface area contributed by atoms with Gasteiger partial charge < -0.3 is 19.5 Å². The molecule has 1 aromatic carbocycles. The Morgan fingerprint density at radius 1 is 1.15 bits per heavy atom. The van der Waals surface area contributed by atoms with E-state index in [2.05, 4.69) is 10.4 Å². The van der Waals surface area contributed by atoms with Gasteiger partial charge in [0.1, 0.15) is 0 Å². The number of amides is 1. The predicted octanol–water partition coefficient (Wildman–Crippen LogP) is 2.56. The van der Waals surface area contributed by atoms with Crippen molar-refractivity contribution in [2.24, 2.45) is 7.05 Å². The van der Waals surface area contributed by atoms with Crippen molar-refractivity contribution in [1.82, 2.24) is 9.78 Å². The first kappa shape index (κ1) is 19.3. The highest BCUT2D eigenvalue weighted by Gasteiger charge is 2.23. The van der Waals surface area contributed by atoms with E-state index < -0.39 is 11.9 Å². The number of carbonyl (C=O) groups is 2. The van der Waals surface area contributed by atoms with Crippen molar-refractivity contribution in [3.05, 3.63) is 35.2 Å². The van der Waals surface area contributed by atoms with Gasteiger partial charge in [-0.15, -0.1) is 0 Å². The highest BCUT2D eigenvalue weighted by Crippen LogP contribution is 2.29. The third-order valence-corrected chi connectivity index (χ3v) is 3.65. The molecule has 8 heteroatoms. The molecule has 1 aromatic heterocycles. The second-order valence-corrected chi connectivity index (χ2v) is 5.41. The standard InChI is InChI=1S/C18H23N3O5/c1-6-25-13-9-8-12(10-14(13)26-7-2)17(22)19-15-11(3)20-21(4)16(15)18(23)24-5/h8-10H,6-7H2,1-5H3,(H,19,22). The number of rotatable bonds is 7. The monoisotopic (exact) mass is 361 g/mol. The average molecular weight is 361 g/mol. The molecule has 1 amide bonds. The van der Waals surface area contributed by atoms with Crippen LogP contribution in [0.5, 0.6) is 11.5 Å². The number of nitrogens with one attached hydrogen (secondary N) is 1. The molecule has 0 atom stereocenters. The van der Waals surface area contributed by atoms with E-state index >= 15 is 0 Å². The Kier molecular flexibility index (Phi) is 6.21. The molecule has 8 nitrogen and oxygen atoms in total. The summed E-state index contributed by atoms with van der Waals surface area (Å²) in [6.45, 7) is 6.36. The van der Waals surface area contributed by atoms with Gasteiger partial charge in [0.15, 0.2) is 17.2 Å². The summed E-state index contributed by atoms with van der Waals surface area (Å²) in [5, 5.41) is 6.90. The number of carbonyl (C=O) groups excluding carboxylic acids is 2. The number of methoxy groups -OCH3 is 1. The van der Waals surface area contributed by atoms with E-state index in [1.54, 1.807) is 32.2 Å². The van der Waals surface area contributed by atoms with Crippen LogP contribution in [0.3, 0.4) is 0 Å². The minimum absolute atomic E-state index is 0.175. The average Bonchev–Trinajstić information content (AvgIpc) is 2.89. The van der Waals surface area contributed by atoms with Crippen LogP contribution in [0, 0.1) is 6.92 Å². The summed E-state index contributed by atoms with van der Waals surface area (Å²) in [7, 11) is 2.88. The smallest absolute Gasteiger partial charge is 0.358 e. The van der Waals surface area contributed by atoms with Crippen molar-refractivity contribution in [2.75, 3.05) is 25.6 Å². The number of aromatic nitrogens is 2. The quantitative estimate of drug-likeness (QED) is 0.762. The van der Waals surface area contributed by atoms with Crippen molar-refractivity contribution in [3.63, 3.8) is 0 Å². The van der Waals surface area contributed by atoms with Crippen LogP contribution in [-0.2, 0) is 11.8 Å². The summed E-state index contributed by atoms with van der Waals surface area (Å²) in [6.07, 6.45) is 0. The first-order valence-corrected chi connectivity index (χ1v) is 8.25. The molecule has 0 spiro atoms. The van der Waals surface area contributed by atoms with Crippen LogP contribution in [0.15, 0.2) is 18.2 Å². The molecule has 1 N–H and O–H groups in total. The Morgan fingerprint density at radius 3 is 2.42 bits per heavy atom. The number of esters is 1. The van der Waals surface area contributed by atoms with Crippen molar-refractivity contribution in [1.29, 1.82) is 0 Å². The van der Waals surface area contributed by atoms with Gasteiger partial charge in [-0.2, -0.15) is 5.10 Å². The number of benzene rings is 1. The minimum atomic E-state index is -0.579. The Hall–Kier alpha value is -3.03. The van der Waals surface area contributed by atoms with E-state index in [4.69, 9.17) is 14.2 Å². The number of anilines is 1. The molecule has 1 heterocycles. The molecule has 140 valence electrons. The molecule has 0 aliphatic carbocycles. The molecular formula is C18H23N3O5. The van der Waals surface area contributed by atoms with Crippen LogP contribution in [0.2, 0.25) is 0 Å². The molecule has 26 heavy (non-hydrogen) atoms. The van der Waals surface area contributed by atoms with E-state index in [0.717, 1.165) is 0 Å². The fourth-order valence-corrected chi connectivity index (χ4v) is 2.52. The Morgan fingerprint density at radius 2 is 1.81 bits per heavy atom. The number of nitrogens with zero attached hydrogens (tertiary/aromatic N) is 2. The molecular weight excluding hydrogens is 338 g/mol. The molecule has 0 saturated carbocycles. The van der Waals surface area contributed by atoms with Gasteiger partial charge in [0, 0.05) is 12.6 Å². The lowest BCUT2D eigenvalue weighted by molar-refractivity contribution is 0.0589. The van der Waals surface area contributed by atoms with Crippen molar-refractivity contribution < 1.29 is 23.8 Å². The van der Waals surface area contributed by atoms with Gasteiger partial charge in [-0.3, -0.25) is 9.48 Å². The van der Waals surface area contributed by atoms with Gasteiger partial charge in [0.25, 0.3) is 5.91 Å². The van der Waals surface area contributed by atoms with Crippen molar-refractivity contribution in [3.8, 4) is 11.5 Å². The fraction of sp³-hybridized carbons (Fsp3) is 0.389. The van der Waals surface area contributed by atoms with Crippen LogP contribution in [0.4, 0.5) is 5.69 Å². The maximum Gasteiger partial charge on any atom is 0.358 e. The fourth-order valence-electron chi connectivity index (χ4n) is 2.52. The van der Waals surface area contributed by atoms with Gasteiger partial charge in [-0.05, 0) is 39.0 Å². The lowest BCUT2D eigenvalue weighted by Crippen LogP contribution is -2.17. The zero-order valence-electron chi connectivity index (χ0n) is 15.6. The summed E-state index contributed by atoms with van der Waals surface area (Å²) in [6, 6.07) is 4.92. The normalized spacial score (nSPS) is 10.3. The van der Waals surface area contributed by atoms with E-state index in [0.29, 0.717) is 41.7 Å². The molecule has 0 unspecified atom stereocenters. The van der Waals surface area contributed by atoms with E-state index in [1.165, 1.54) is 11.8 Å². The van der Waals surface area contributed by atoms with Crippen LogP contribution < -0.4 is 14.8 Å². The summed E-state index contributed by atoms with van der Waals surface area (Å²) in [4.78, 5) is 24.6. The number of hydrogen-bond acceptors (Lipinski definition) is 6. The van der Waals surface area contributed by atoms with Crippen LogP contribution in [-0.4, -0.2) is 42.0 Å². The van der Waals surface area contributed by atoms with Gasteiger partial charge in [-0.25, -0.2) is 4.79 Å². The first-order valence-electron chi connectivity index (χ1n) is 8.25. The van der Waals surface area contributed by atoms with Gasteiger partial charge in [-0.1, -0.05) is 0 Å². The Labute approximate surface area is 152 Å². The molecule has 2 aromatic rings. The predicted molar refractivity (Wildman–Crippen MR) is 96.0 cm³/mol. The third kappa shape index (κ3) is 3.96. The highest BCUT2D eigenvalue weighted by atomic mass is 16.5. The minimum Gasteiger partial charge on any atom is -0.490 e. The van der Waals surface area contributed by atoms with Crippen LogP contribution in [0.25, 0.3) is 0 Å². The zero-order chi connectivity index (χ0) is 19.3. The molecule has 0 aliphatic rings. The second-order valence-electron chi connectivity index (χ2n) is 5.41. The van der Waals surface area contributed by atoms with Crippen LogP contribution >= 0.6 is 0 Å². The second kappa shape index (κ2) is 8.37. The van der Waals surface area contributed by atoms with Gasteiger partial charge in [0.2, 0.25) is 0 Å². The summed E-state index contributed by atoms with van der Waals surface area (Å²) < 4.78 is 17.2. The lowest BCUT2D eigenvalue weighted by Gasteiger charge is -2.13. The van der Waals surface area contributed by atoms with Crippen molar-refractivity contribution in [2.45, 2.75) is 20.8 Å². The summed E-state index contributed by atoms with van der Waals surface area (Å²) in [5.74, 6) is 0.0807. The van der Waals surface area contributed by atoms with Gasteiger partial charge in [0.05, 0.1) is 31.7 Å². The summed E-state index contributed by atoms with van der Waals surface area (Å²) >= 11 is 0. The first-order chi connectivity index (χ1) is 12.4. The Balaban J connectivity index is 2.34. The maximum absolute atomic E-state index is 12.7. The van der Waals surface area contributed by atoms with Crippen molar-refractivity contribution >= 4 is 17.6 Å². The lowest BCUT2D eigenvalue weighted by atomic mass is 10.1. The third-order valence-electron chi connectivity index (χ3n) is 3.65. The number of ether oxygens (including phenoxy) is 3. The molecule has 0 saturated heterocycles. The molecule has 0 aliphatic heterocycles. The van der Waals surface area contributed by atoms with E-state index in [-0.39, 0.29) is 5.69 Å². The molecule has 0 radical (unpaired) electrons. The molecule has 2 rings (SSSR count). The maximum atomic E-state index is 12.7. The largest absolute Gasteiger partial charge is 0.490 e. The number of aryl methyl sites for hydroxylation is 2. The molecule has 0 fully saturated rings. The van der Waals surface area contributed by atoms with Gasteiger partial charge >= 0.3 is 5.97 Å². The zero-order valence-corrected chi connectivity index (χ0v) is 15.6. The van der Waals surface area contributed by atoms with E-state index in [1.807, 2.05) is 13.8 Å². The SMILES string of the molecule is CCOc1ccc(C(=O)Nc2c(C)nn(C)c2C(=O)OC)cc1OCC. The summed E-state index contributed by atoms with van der Waals surface area (Å²) in [5.41, 5.74) is 1.37. The Bertz CT molecular complexity index is 813. The highest BCUT2D eigenvalue weighted by molar-refractivity contribution is 6.08. The molecule has 0 bridgehead atoms. The van der Waals surface area contributed by atoms with E-state index in [9.17, 15) is 9.59 Å². The topological polar surface area (TPSA) is 91.7 Å². The number of hydrogen-bond donors (Lipinski definition) is 1.